The Kier molecular flexibility index (Phi) is 4.45. The Morgan fingerprint density at radius 1 is 1.38 bits per heavy atom. The number of hydrogen-bond donors (Lipinski definition) is 1. The van der Waals surface area contributed by atoms with Gasteiger partial charge in [0.15, 0.2) is 0 Å². The Bertz CT molecular complexity index is 384. The van der Waals surface area contributed by atoms with Crippen molar-refractivity contribution < 1.29 is 24.2 Å². The number of aliphatic hydroxyl groups excluding tert-OH is 1. The Morgan fingerprint density at radius 2 is 2.06 bits per heavy atom. The van der Waals surface area contributed by atoms with Gasteiger partial charge in [0, 0.05) is 4.88 Å². The largest absolute Gasteiger partial charge is 0.469 e. The molecule has 0 fully saturated rings. The summed E-state index contributed by atoms with van der Waals surface area (Å²) in [5, 5.41) is 9.65. The van der Waals surface area contributed by atoms with E-state index in [0.717, 1.165) is 11.3 Å². The van der Waals surface area contributed by atoms with E-state index in [1.165, 1.54) is 14.2 Å². The van der Waals surface area contributed by atoms with Crippen molar-refractivity contribution in [2.45, 2.75) is 12.5 Å². The van der Waals surface area contributed by atoms with E-state index in [9.17, 15) is 14.7 Å². The van der Waals surface area contributed by atoms with Crippen LogP contribution in [0.25, 0.3) is 0 Å². The molecule has 5 nitrogen and oxygen atoms in total. The molecule has 1 heterocycles. The van der Waals surface area contributed by atoms with E-state index in [1.807, 2.05) is 0 Å². The van der Waals surface area contributed by atoms with Gasteiger partial charge in [-0.2, -0.15) is 0 Å². The smallest absolute Gasteiger partial charge is 0.348 e. The van der Waals surface area contributed by atoms with Gasteiger partial charge >= 0.3 is 11.9 Å². The van der Waals surface area contributed by atoms with Gasteiger partial charge < -0.3 is 14.6 Å². The number of rotatable bonds is 4. The van der Waals surface area contributed by atoms with Crippen LogP contribution < -0.4 is 0 Å². The van der Waals surface area contributed by atoms with Crippen molar-refractivity contribution in [2.24, 2.45) is 0 Å². The molecule has 6 heteroatoms. The van der Waals surface area contributed by atoms with Crippen LogP contribution in [-0.4, -0.2) is 31.3 Å². The molecule has 0 spiro atoms. The van der Waals surface area contributed by atoms with E-state index in [4.69, 9.17) is 0 Å². The lowest BCUT2D eigenvalue weighted by Crippen LogP contribution is -2.06. The standard InChI is InChI=1S/C10H12O5S/c1-14-9(12)5-6(11)7-3-4-8(16-7)10(13)15-2/h3-4,6,11H,5H2,1-2H3. The highest BCUT2D eigenvalue weighted by Gasteiger charge is 2.17. The zero-order valence-electron chi connectivity index (χ0n) is 8.93. The third-order valence-corrected chi connectivity index (χ3v) is 3.10. The molecule has 0 aliphatic carbocycles. The second-order valence-electron chi connectivity index (χ2n) is 2.99. The van der Waals surface area contributed by atoms with Gasteiger partial charge in [-0.05, 0) is 12.1 Å². The van der Waals surface area contributed by atoms with E-state index >= 15 is 0 Å². The minimum atomic E-state index is -0.948. The molecule has 1 atom stereocenters. The molecule has 1 aromatic rings. The van der Waals surface area contributed by atoms with Crippen molar-refractivity contribution in [3.8, 4) is 0 Å². The topological polar surface area (TPSA) is 72.8 Å². The summed E-state index contributed by atoms with van der Waals surface area (Å²) in [6.07, 6.45) is -1.08. The lowest BCUT2D eigenvalue weighted by atomic mass is 10.2. The van der Waals surface area contributed by atoms with Gasteiger partial charge in [-0.15, -0.1) is 11.3 Å². The first-order valence-electron chi connectivity index (χ1n) is 4.51. The molecule has 1 rings (SSSR count). The summed E-state index contributed by atoms with van der Waals surface area (Å²) in [5.74, 6) is -0.956. The van der Waals surface area contributed by atoms with Gasteiger partial charge in [-0.25, -0.2) is 4.79 Å². The van der Waals surface area contributed by atoms with Gasteiger partial charge in [0.1, 0.15) is 4.88 Å². The Morgan fingerprint density at radius 3 is 2.62 bits per heavy atom. The molecule has 88 valence electrons. The number of ether oxygens (including phenoxy) is 2. The lowest BCUT2D eigenvalue weighted by molar-refractivity contribution is -0.142. The second kappa shape index (κ2) is 5.62. The van der Waals surface area contributed by atoms with E-state index < -0.39 is 18.0 Å². The summed E-state index contributed by atoms with van der Waals surface area (Å²) in [7, 11) is 2.54. The summed E-state index contributed by atoms with van der Waals surface area (Å²) in [6.45, 7) is 0. The Hall–Kier alpha value is -1.40. The molecule has 0 aliphatic rings. The van der Waals surface area contributed by atoms with E-state index in [2.05, 4.69) is 9.47 Å². The average Bonchev–Trinajstić information content (AvgIpc) is 2.77. The number of hydrogen-bond acceptors (Lipinski definition) is 6. The van der Waals surface area contributed by atoms with E-state index in [-0.39, 0.29) is 6.42 Å². The SMILES string of the molecule is COC(=O)CC(O)c1ccc(C(=O)OC)s1. The van der Waals surface area contributed by atoms with E-state index in [1.54, 1.807) is 12.1 Å². The van der Waals surface area contributed by atoms with Gasteiger partial charge in [0.05, 0.1) is 26.7 Å². The zero-order chi connectivity index (χ0) is 12.1. The first kappa shape index (κ1) is 12.7. The van der Waals surface area contributed by atoms with Crippen LogP contribution in [0.2, 0.25) is 0 Å². The molecular formula is C10H12O5S. The number of methoxy groups -OCH3 is 2. The van der Waals surface area contributed by atoms with Crippen molar-refractivity contribution in [3.63, 3.8) is 0 Å². The summed E-state index contributed by atoms with van der Waals surface area (Å²) in [5.41, 5.74) is 0. The van der Waals surface area contributed by atoms with Gasteiger partial charge in [0.25, 0.3) is 0 Å². The molecule has 16 heavy (non-hydrogen) atoms. The number of aliphatic hydroxyl groups is 1. The van der Waals surface area contributed by atoms with Crippen LogP contribution in [0.3, 0.4) is 0 Å². The highest BCUT2D eigenvalue weighted by Crippen LogP contribution is 2.26. The Labute approximate surface area is 96.6 Å². The van der Waals surface area contributed by atoms with Crippen molar-refractivity contribution in [3.05, 3.63) is 21.9 Å². The molecule has 0 saturated heterocycles. The Balaban J connectivity index is 2.70. The maximum Gasteiger partial charge on any atom is 0.348 e. The summed E-state index contributed by atoms with van der Waals surface area (Å²) >= 11 is 1.09. The molecule has 0 aromatic carbocycles. The van der Waals surface area contributed by atoms with Crippen LogP contribution in [0.1, 0.15) is 27.1 Å². The summed E-state index contributed by atoms with van der Waals surface area (Å²) < 4.78 is 8.96. The normalized spacial score (nSPS) is 11.9. The van der Waals surface area contributed by atoms with Crippen LogP contribution in [0, 0.1) is 0 Å². The molecule has 0 aliphatic heterocycles. The fourth-order valence-electron chi connectivity index (χ4n) is 1.08. The fraction of sp³-hybridized carbons (Fsp3) is 0.400. The van der Waals surface area contributed by atoms with Gasteiger partial charge in [-0.1, -0.05) is 0 Å². The third-order valence-electron chi connectivity index (χ3n) is 1.93. The second-order valence-corrected chi connectivity index (χ2v) is 4.11. The van der Waals surface area contributed by atoms with Crippen molar-refractivity contribution in [1.29, 1.82) is 0 Å². The van der Waals surface area contributed by atoms with E-state index in [0.29, 0.717) is 9.75 Å². The van der Waals surface area contributed by atoms with Crippen LogP contribution in [0.5, 0.6) is 0 Å². The molecule has 1 aromatic heterocycles. The predicted molar refractivity (Wildman–Crippen MR) is 57.3 cm³/mol. The minimum Gasteiger partial charge on any atom is -0.469 e. The zero-order valence-corrected chi connectivity index (χ0v) is 9.74. The quantitative estimate of drug-likeness (QED) is 0.804. The van der Waals surface area contributed by atoms with Crippen molar-refractivity contribution in [1.82, 2.24) is 0 Å². The monoisotopic (exact) mass is 244 g/mol. The van der Waals surface area contributed by atoms with Gasteiger partial charge in [0.2, 0.25) is 0 Å². The molecular weight excluding hydrogens is 232 g/mol. The first-order valence-corrected chi connectivity index (χ1v) is 5.33. The van der Waals surface area contributed by atoms with Gasteiger partial charge in [-0.3, -0.25) is 4.79 Å². The first-order chi connectivity index (χ1) is 7.58. The van der Waals surface area contributed by atoms with Crippen LogP contribution in [0.4, 0.5) is 0 Å². The molecule has 0 saturated carbocycles. The summed E-state index contributed by atoms with van der Waals surface area (Å²) in [6, 6.07) is 3.14. The fourth-order valence-corrected chi connectivity index (χ4v) is 2.00. The maximum atomic E-state index is 11.1. The maximum absolute atomic E-state index is 11.1. The summed E-state index contributed by atoms with van der Waals surface area (Å²) in [4.78, 5) is 23.0. The number of thiophene rings is 1. The van der Waals surface area contributed by atoms with Crippen LogP contribution in [0.15, 0.2) is 12.1 Å². The third kappa shape index (κ3) is 3.04. The van der Waals surface area contributed by atoms with Crippen molar-refractivity contribution >= 4 is 23.3 Å². The van der Waals surface area contributed by atoms with Crippen LogP contribution >= 0.6 is 11.3 Å². The average molecular weight is 244 g/mol. The lowest BCUT2D eigenvalue weighted by Gasteiger charge is -2.05. The molecule has 0 amide bonds. The highest BCUT2D eigenvalue weighted by atomic mass is 32.1. The highest BCUT2D eigenvalue weighted by molar-refractivity contribution is 7.14. The van der Waals surface area contributed by atoms with Crippen molar-refractivity contribution in [2.75, 3.05) is 14.2 Å². The minimum absolute atomic E-state index is 0.127. The predicted octanol–water partition coefficient (Wildman–Crippen LogP) is 1.13. The number of esters is 2. The number of carbonyl (C=O) groups is 2. The van der Waals surface area contributed by atoms with Crippen LogP contribution in [-0.2, 0) is 14.3 Å². The molecule has 0 radical (unpaired) electrons. The molecule has 1 N–H and O–H groups in total. The molecule has 1 unspecified atom stereocenters. The molecule has 0 bridgehead atoms. The number of carbonyl (C=O) groups excluding carboxylic acids is 2.